The van der Waals surface area contributed by atoms with Crippen LogP contribution in [0.2, 0.25) is 5.02 Å². The maximum absolute atomic E-state index is 11.1. The van der Waals surface area contributed by atoms with Gasteiger partial charge in [-0.05, 0) is 31.0 Å². The Morgan fingerprint density at radius 1 is 1.50 bits per heavy atom. The summed E-state index contributed by atoms with van der Waals surface area (Å²) in [6, 6.07) is 5.76. The van der Waals surface area contributed by atoms with Crippen LogP contribution in [0.1, 0.15) is 25.8 Å². The molecule has 0 aliphatic carbocycles. The molecule has 1 heterocycles. The summed E-state index contributed by atoms with van der Waals surface area (Å²) in [7, 11) is 0. The van der Waals surface area contributed by atoms with Crippen LogP contribution in [0, 0.1) is 0 Å². The zero-order valence-electron chi connectivity index (χ0n) is 11.7. The number of halogens is 1. The third-order valence-electron chi connectivity index (χ3n) is 3.25. The fourth-order valence-electron chi connectivity index (χ4n) is 2.26. The highest BCUT2D eigenvalue weighted by Gasteiger charge is 2.12. The van der Waals surface area contributed by atoms with Gasteiger partial charge in [0.05, 0.1) is 11.1 Å². The molecule has 0 radical (unpaired) electrons. The molecule has 2 N–H and O–H groups in total. The number of hydrogen-bond acceptors (Lipinski definition) is 2. The van der Waals surface area contributed by atoms with E-state index < -0.39 is 0 Å². The van der Waals surface area contributed by atoms with Gasteiger partial charge in [-0.15, -0.1) is 0 Å². The minimum atomic E-state index is -0.342. The van der Waals surface area contributed by atoms with E-state index in [-0.39, 0.29) is 12.0 Å². The van der Waals surface area contributed by atoms with Crippen molar-refractivity contribution in [3.63, 3.8) is 0 Å². The summed E-state index contributed by atoms with van der Waals surface area (Å²) in [5.41, 5.74) is 2.02. The quantitative estimate of drug-likeness (QED) is 0.891. The highest BCUT2D eigenvalue weighted by Crippen LogP contribution is 2.29. The van der Waals surface area contributed by atoms with Crippen molar-refractivity contribution >= 4 is 28.4 Å². The van der Waals surface area contributed by atoms with Crippen molar-refractivity contribution in [3.8, 4) is 0 Å². The third kappa shape index (κ3) is 3.32. The number of nitrogens with zero attached hydrogens (tertiary/aromatic N) is 1. The normalized spacial score (nSPS) is 12.6. The van der Waals surface area contributed by atoms with Crippen LogP contribution in [0.4, 0.5) is 0 Å². The Hall–Kier alpha value is -1.52. The lowest BCUT2D eigenvalue weighted by Crippen LogP contribution is -2.18. The number of aryl methyl sites for hydroxylation is 1. The van der Waals surface area contributed by atoms with Crippen molar-refractivity contribution in [1.82, 2.24) is 9.88 Å². The van der Waals surface area contributed by atoms with E-state index in [9.17, 15) is 9.90 Å². The van der Waals surface area contributed by atoms with Gasteiger partial charge in [-0.3, -0.25) is 4.79 Å². The fraction of sp³-hybridized carbons (Fsp3) is 0.400. The summed E-state index contributed by atoms with van der Waals surface area (Å²) >= 11 is 6.28. The Morgan fingerprint density at radius 2 is 2.25 bits per heavy atom. The molecule has 2 rings (SSSR count). The molecule has 1 amide bonds. The molecule has 20 heavy (non-hydrogen) atoms. The summed E-state index contributed by atoms with van der Waals surface area (Å²) < 4.78 is 2.07. The Labute approximate surface area is 123 Å². The number of aromatic nitrogens is 1. The van der Waals surface area contributed by atoms with Gasteiger partial charge in [0.2, 0.25) is 5.91 Å². The molecule has 0 aliphatic rings. The number of aliphatic hydroxyl groups is 1. The SMILES string of the molecule is CC(=O)NCc1cn(CCC(C)O)c2cccc(Cl)c12. The van der Waals surface area contributed by atoms with Gasteiger partial charge in [-0.1, -0.05) is 17.7 Å². The lowest BCUT2D eigenvalue weighted by molar-refractivity contribution is -0.119. The topological polar surface area (TPSA) is 54.3 Å². The first kappa shape index (κ1) is 14.9. The van der Waals surface area contributed by atoms with Crippen molar-refractivity contribution in [1.29, 1.82) is 0 Å². The molecule has 0 bridgehead atoms. The van der Waals surface area contributed by atoms with Crippen LogP contribution in [0.25, 0.3) is 10.9 Å². The fourth-order valence-corrected chi connectivity index (χ4v) is 2.55. The molecule has 108 valence electrons. The van der Waals surface area contributed by atoms with Gasteiger partial charge in [0.1, 0.15) is 0 Å². The van der Waals surface area contributed by atoms with E-state index in [4.69, 9.17) is 11.6 Å². The summed E-state index contributed by atoms with van der Waals surface area (Å²) in [6.45, 7) is 4.44. The van der Waals surface area contributed by atoms with Gasteiger partial charge in [0, 0.05) is 37.1 Å². The minimum Gasteiger partial charge on any atom is -0.393 e. The van der Waals surface area contributed by atoms with Crippen molar-refractivity contribution in [2.75, 3.05) is 0 Å². The Morgan fingerprint density at radius 3 is 2.90 bits per heavy atom. The zero-order valence-corrected chi connectivity index (χ0v) is 12.4. The van der Waals surface area contributed by atoms with Crippen LogP contribution < -0.4 is 5.32 Å². The number of fused-ring (bicyclic) bond motifs is 1. The van der Waals surface area contributed by atoms with Crippen molar-refractivity contribution in [2.24, 2.45) is 0 Å². The second-order valence-corrected chi connectivity index (χ2v) is 5.44. The van der Waals surface area contributed by atoms with Gasteiger partial charge in [-0.25, -0.2) is 0 Å². The number of carbonyl (C=O) groups is 1. The van der Waals surface area contributed by atoms with Gasteiger partial charge in [0.25, 0.3) is 0 Å². The highest BCUT2D eigenvalue weighted by atomic mass is 35.5. The molecule has 1 atom stereocenters. The van der Waals surface area contributed by atoms with Gasteiger partial charge >= 0.3 is 0 Å². The van der Waals surface area contributed by atoms with Crippen LogP contribution in [0.3, 0.4) is 0 Å². The molecular weight excluding hydrogens is 276 g/mol. The second kappa shape index (κ2) is 6.29. The molecule has 1 aromatic carbocycles. The molecule has 0 spiro atoms. The average Bonchev–Trinajstić information content (AvgIpc) is 2.73. The monoisotopic (exact) mass is 294 g/mol. The molecular formula is C15H19ClN2O2. The maximum Gasteiger partial charge on any atom is 0.217 e. The van der Waals surface area contributed by atoms with Crippen molar-refractivity contribution in [3.05, 3.63) is 35.0 Å². The standard InChI is InChI=1S/C15H19ClN2O2/c1-10(19)6-7-18-9-12(8-17-11(2)20)15-13(16)4-3-5-14(15)18/h3-5,9-10,19H,6-8H2,1-2H3,(H,17,20). The van der Waals surface area contributed by atoms with E-state index in [0.717, 1.165) is 16.5 Å². The molecule has 4 nitrogen and oxygen atoms in total. The summed E-state index contributed by atoms with van der Waals surface area (Å²) in [4.78, 5) is 11.1. The van der Waals surface area contributed by atoms with E-state index in [0.29, 0.717) is 24.5 Å². The number of benzene rings is 1. The Balaban J connectivity index is 2.38. The average molecular weight is 295 g/mol. The third-order valence-corrected chi connectivity index (χ3v) is 3.56. The number of amides is 1. The molecule has 5 heteroatoms. The van der Waals surface area contributed by atoms with Crippen molar-refractivity contribution < 1.29 is 9.90 Å². The van der Waals surface area contributed by atoms with Gasteiger partial charge in [-0.2, -0.15) is 0 Å². The summed E-state index contributed by atoms with van der Waals surface area (Å²) in [5.74, 6) is -0.0677. The predicted molar refractivity (Wildman–Crippen MR) is 80.8 cm³/mol. The second-order valence-electron chi connectivity index (χ2n) is 5.03. The van der Waals surface area contributed by atoms with E-state index >= 15 is 0 Å². The lowest BCUT2D eigenvalue weighted by Gasteiger charge is -2.07. The lowest BCUT2D eigenvalue weighted by atomic mass is 10.2. The summed E-state index contributed by atoms with van der Waals surface area (Å²) in [5, 5.41) is 13.9. The molecule has 1 aromatic heterocycles. The number of aliphatic hydroxyl groups excluding tert-OH is 1. The number of rotatable bonds is 5. The predicted octanol–water partition coefficient (Wildman–Crippen LogP) is 2.70. The van der Waals surface area contributed by atoms with Crippen LogP contribution in [-0.2, 0) is 17.9 Å². The van der Waals surface area contributed by atoms with Gasteiger partial charge in [0.15, 0.2) is 0 Å². The molecule has 0 saturated heterocycles. The zero-order chi connectivity index (χ0) is 14.7. The molecule has 0 fully saturated rings. The number of nitrogens with one attached hydrogen (secondary N) is 1. The van der Waals surface area contributed by atoms with E-state index in [1.165, 1.54) is 6.92 Å². The molecule has 2 aromatic rings. The summed E-state index contributed by atoms with van der Waals surface area (Å²) in [6.07, 6.45) is 2.33. The van der Waals surface area contributed by atoms with E-state index in [1.54, 1.807) is 6.92 Å². The van der Waals surface area contributed by atoms with E-state index in [2.05, 4.69) is 9.88 Å². The van der Waals surface area contributed by atoms with Crippen molar-refractivity contribution in [2.45, 2.75) is 39.5 Å². The maximum atomic E-state index is 11.1. The Kier molecular flexibility index (Phi) is 4.68. The molecule has 1 unspecified atom stereocenters. The van der Waals surface area contributed by atoms with Crippen LogP contribution in [-0.4, -0.2) is 21.7 Å². The first-order chi connectivity index (χ1) is 9.49. The Bertz CT molecular complexity index is 620. The number of carbonyl (C=O) groups excluding carboxylic acids is 1. The first-order valence-electron chi connectivity index (χ1n) is 6.67. The van der Waals surface area contributed by atoms with Gasteiger partial charge < -0.3 is 15.0 Å². The van der Waals surface area contributed by atoms with Crippen LogP contribution >= 0.6 is 11.6 Å². The number of hydrogen-bond donors (Lipinski definition) is 2. The highest BCUT2D eigenvalue weighted by molar-refractivity contribution is 6.35. The first-order valence-corrected chi connectivity index (χ1v) is 7.05. The largest absolute Gasteiger partial charge is 0.393 e. The smallest absolute Gasteiger partial charge is 0.217 e. The van der Waals surface area contributed by atoms with E-state index in [1.807, 2.05) is 24.4 Å². The molecule has 0 aliphatic heterocycles. The molecule has 0 saturated carbocycles. The minimum absolute atomic E-state index is 0.0677. The van der Waals surface area contributed by atoms with Crippen LogP contribution in [0.5, 0.6) is 0 Å². The van der Waals surface area contributed by atoms with Crippen LogP contribution in [0.15, 0.2) is 24.4 Å².